The number of nitrogens with one attached hydrogen (secondary N) is 2. The first-order valence-corrected chi connectivity index (χ1v) is 14.7. The molecule has 3 aromatic carbocycles. The summed E-state index contributed by atoms with van der Waals surface area (Å²) in [6.07, 6.45) is 6.73. The van der Waals surface area contributed by atoms with Gasteiger partial charge in [-0.25, -0.2) is 4.98 Å². The maximum atomic E-state index is 13.6. The van der Waals surface area contributed by atoms with Crippen molar-refractivity contribution in [1.29, 1.82) is 0 Å². The average molecular weight is 583 g/mol. The first-order chi connectivity index (χ1) is 20.5. The molecule has 42 heavy (non-hydrogen) atoms. The second-order valence-corrected chi connectivity index (χ2v) is 10.8. The molecule has 7 nitrogen and oxygen atoms in total. The molecule has 216 valence electrons. The number of hydrogen-bond donors (Lipinski definition) is 2. The Hall–Kier alpha value is -4.36. The quantitative estimate of drug-likeness (QED) is 0.154. The van der Waals surface area contributed by atoms with Crippen LogP contribution in [0.25, 0.3) is 17.1 Å². The third-order valence-corrected chi connectivity index (χ3v) is 7.42. The molecule has 0 saturated carbocycles. The van der Waals surface area contributed by atoms with Gasteiger partial charge in [-0.1, -0.05) is 91.2 Å². The first kappa shape index (κ1) is 29.1. The summed E-state index contributed by atoms with van der Waals surface area (Å²) in [5, 5.41) is 3.32. The Bertz CT molecular complexity index is 1650. The second kappa shape index (κ2) is 14.0. The van der Waals surface area contributed by atoms with E-state index in [-0.39, 0.29) is 11.5 Å². The smallest absolute Gasteiger partial charge is 0.278 e. The van der Waals surface area contributed by atoms with Crippen molar-refractivity contribution >= 4 is 17.5 Å². The monoisotopic (exact) mass is 582 g/mol. The Kier molecular flexibility index (Phi) is 9.72. The van der Waals surface area contributed by atoms with Gasteiger partial charge >= 0.3 is 0 Å². The summed E-state index contributed by atoms with van der Waals surface area (Å²) in [7, 11) is 0. The van der Waals surface area contributed by atoms with Gasteiger partial charge in [0.15, 0.2) is 5.82 Å². The minimum atomic E-state index is -0.138. The summed E-state index contributed by atoms with van der Waals surface area (Å²) in [6, 6.07) is 25.8. The van der Waals surface area contributed by atoms with Gasteiger partial charge in [0.2, 0.25) is 5.91 Å². The van der Waals surface area contributed by atoms with Crippen LogP contribution in [0.2, 0.25) is 5.02 Å². The maximum Gasteiger partial charge on any atom is 0.278 e. The fraction of sp³-hybridized carbons (Fsp3) is 0.265. The Labute approximate surface area is 250 Å². The number of hydrogen-bond acceptors (Lipinski definition) is 4. The number of halogens is 1. The van der Waals surface area contributed by atoms with Crippen LogP contribution in [-0.4, -0.2) is 33.6 Å². The lowest BCUT2D eigenvalue weighted by Crippen LogP contribution is -2.20. The highest BCUT2D eigenvalue weighted by molar-refractivity contribution is 6.32. The second-order valence-electron chi connectivity index (χ2n) is 10.4. The van der Waals surface area contributed by atoms with Crippen LogP contribution in [0, 0.1) is 0 Å². The molecule has 0 atom stereocenters. The van der Waals surface area contributed by atoms with Crippen LogP contribution in [0.15, 0.2) is 89.9 Å². The van der Waals surface area contributed by atoms with E-state index in [0.29, 0.717) is 48.3 Å². The predicted octanol–water partition coefficient (Wildman–Crippen LogP) is 6.58. The van der Waals surface area contributed by atoms with E-state index in [2.05, 4.69) is 22.4 Å². The van der Waals surface area contributed by atoms with Crippen LogP contribution < -0.4 is 15.6 Å². The minimum absolute atomic E-state index is 0.00703. The van der Waals surface area contributed by atoms with E-state index in [1.54, 1.807) is 4.57 Å². The van der Waals surface area contributed by atoms with E-state index < -0.39 is 0 Å². The number of carbonyl (C=O) groups excluding carboxylic acids is 1. The molecule has 3 aromatic rings. The van der Waals surface area contributed by atoms with Gasteiger partial charge < -0.3 is 15.0 Å². The molecule has 8 heteroatoms. The van der Waals surface area contributed by atoms with Crippen LogP contribution in [0.3, 0.4) is 0 Å². The molecule has 0 radical (unpaired) electrons. The Morgan fingerprint density at radius 2 is 1.67 bits per heavy atom. The zero-order valence-electron chi connectivity index (χ0n) is 23.7. The Morgan fingerprint density at radius 3 is 2.40 bits per heavy atom. The van der Waals surface area contributed by atoms with Crippen LogP contribution in [-0.2, 0) is 17.6 Å². The molecule has 2 aliphatic rings. The summed E-state index contributed by atoms with van der Waals surface area (Å²) in [6.45, 7) is 2.81. The van der Waals surface area contributed by atoms with Gasteiger partial charge in [-0.2, -0.15) is 0 Å². The van der Waals surface area contributed by atoms with Crippen LogP contribution in [0.5, 0.6) is 5.75 Å². The lowest BCUT2D eigenvalue weighted by Gasteiger charge is -2.13. The largest absolute Gasteiger partial charge is 0.492 e. The zero-order valence-corrected chi connectivity index (χ0v) is 24.5. The van der Waals surface area contributed by atoms with Gasteiger partial charge in [0.1, 0.15) is 11.4 Å². The zero-order chi connectivity index (χ0) is 29.3. The van der Waals surface area contributed by atoms with Gasteiger partial charge in [0.25, 0.3) is 5.56 Å². The van der Waals surface area contributed by atoms with E-state index in [1.165, 1.54) is 6.92 Å². The van der Waals surface area contributed by atoms with E-state index in [4.69, 9.17) is 21.3 Å². The van der Waals surface area contributed by atoms with Crippen molar-refractivity contribution in [2.45, 2.75) is 45.4 Å². The van der Waals surface area contributed by atoms with E-state index in [1.807, 2.05) is 72.9 Å². The van der Waals surface area contributed by atoms with Crippen molar-refractivity contribution in [3.05, 3.63) is 123 Å². The fourth-order valence-electron chi connectivity index (χ4n) is 4.97. The van der Waals surface area contributed by atoms with Crippen molar-refractivity contribution in [1.82, 2.24) is 19.9 Å². The van der Waals surface area contributed by atoms with E-state index in [0.717, 1.165) is 53.8 Å². The topological polar surface area (TPSA) is 89.0 Å². The molecule has 0 unspecified atom stereocenters. The molecule has 5 rings (SSSR count). The summed E-state index contributed by atoms with van der Waals surface area (Å²) in [5.74, 6) is 1.26. The molecule has 2 N–H and O–H groups in total. The van der Waals surface area contributed by atoms with E-state index >= 15 is 0 Å². The number of rotatable bonds is 13. The lowest BCUT2D eigenvalue weighted by atomic mass is 10.1. The molecule has 1 amide bonds. The molecule has 0 bridgehead atoms. The Morgan fingerprint density at radius 1 is 0.929 bits per heavy atom. The lowest BCUT2D eigenvalue weighted by molar-refractivity contribution is -0.118. The normalized spacial score (nSPS) is 11.1. The standard InChI is InChI=1S/C34H35ClN4O3/c1-24(40)36-18-10-2-3-11-19-42-32-17-16-26(20-28(32)35)22-30-34(41)39-23-31(27-14-8-5-9-15-27)37-29(33(39)38-30)21-25-12-6-4-7-13-25/h4-9,12-17,20,23,37H,2-3,10-11,18-19,21-22H2,1H3,(H,36,40). The van der Waals surface area contributed by atoms with Crippen molar-refractivity contribution < 1.29 is 9.53 Å². The number of aromatic amines is 1. The van der Waals surface area contributed by atoms with Crippen molar-refractivity contribution in [3.63, 3.8) is 0 Å². The number of imidazole rings is 1. The molecule has 0 aliphatic carbocycles. The summed E-state index contributed by atoms with van der Waals surface area (Å²) >= 11 is 6.56. The first-order valence-electron chi connectivity index (χ1n) is 14.4. The molecular weight excluding hydrogens is 548 g/mol. The van der Waals surface area contributed by atoms with Gasteiger partial charge in [0, 0.05) is 32.5 Å². The van der Waals surface area contributed by atoms with Crippen LogP contribution in [0.4, 0.5) is 0 Å². The summed E-state index contributed by atoms with van der Waals surface area (Å²) in [4.78, 5) is 32.9. The molecule has 2 heterocycles. The van der Waals surface area contributed by atoms with Crippen molar-refractivity contribution in [2.75, 3.05) is 13.2 Å². The molecular formula is C34H35ClN4O3. The average Bonchev–Trinajstić information content (AvgIpc) is 3.31. The number of benzene rings is 3. The number of aromatic nitrogens is 3. The number of carbonyl (C=O) groups is 1. The summed E-state index contributed by atoms with van der Waals surface area (Å²) < 4.78 is 7.55. The minimum Gasteiger partial charge on any atom is -0.492 e. The number of unbranched alkanes of at least 4 members (excludes halogenated alkanes) is 3. The SMILES string of the molecule is CC(=O)NCCCCCCOc1ccc(Cc2nc3c(Cc4ccccc4)[nH]c(-c4ccccc4)cn-3c2=O)cc1Cl. The molecule has 0 fully saturated rings. The number of nitrogens with zero attached hydrogens (tertiary/aromatic N) is 2. The van der Waals surface area contributed by atoms with Gasteiger partial charge in [-0.3, -0.25) is 14.2 Å². The molecule has 0 saturated heterocycles. The number of amides is 1. The molecule has 0 aromatic heterocycles. The third kappa shape index (κ3) is 7.47. The third-order valence-electron chi connectivity index (χ3n) is 7.13. The molecule has 2 aliphatic heterocycles. The number of ether oxygens (including phenoxy) is 1. The van der Waals surface area contributed by atoms with Gasteiger partial charge in [-0.15, -0.1) is 0 Å². The van der Waals surface area contributed by atoms with Gasteiger partial charge in [0.05, 0.1) is 23.0 Å². The number of H-pyrrole nitrogens is 1. The predicted molar refractivity (Wildman–Crippen MR) is 167 cm³/mol. The van der Waals surface area contributed by atoms with Crippen molar-refractivity contribution in [3.8, 4) is 22.8 Å². The van der Waals surface area contributed by atoms with Crippen molar-refractivity contribution in [2.24, 2.45) is 0 Å². The highest BCUT2D eigenvalue weighted by Gasteiger charge is 2.21. The summed E-state index contributed by atoms with van der Waals surface area (Å²) in [5.41, 5.74) is 5.08. The van der Waals surface area contributed by atoms with Gasteiger partial charge in [-0.05, 0) is 41.7 Å². The maximum absolute atomic E-state index is 13.6. The fourth-order valence-corrected chi connectivity index (χ4v) is 5.23. The highest BCUT2D eigenvalue weighted by atomic mass is 35.5. The highest BCUT2D eigenvalue weighted by Crippen LogP contribution is 2.28. The Balaban J connectivity index is 1.30. The van der Waals surface area contributed by atoms with E-state index in [9.17, 15) is 9.59 Å². The van der Waals surface area contributed by atoms with Crippen LogP contribution >= 0.6 is 11.6 Å². The van der Waals surface area contributed by atoms with Crippen LogP contribution in [0.1, 0.15) is 55.1 Å². The molecule has 0 spiro atoms. The number of fused-ring (bicyclic) bond motifs is 1.